The van der Waals surface area contributed by atoms with E-state index in [2.05, 4.69) is 15.9 Å². The summed E-state index contributed by atoms with van der Waals surface area (Å²) in [6.07, 6.45) is 3.88. The van der Waals surface area contributed by atoms with Crippen LogP contribution in [-0.4, -0.2) is 24.4 Å². The maximum absolute atomic E-state index is 11.4. The molecule has 0 bridgehead atoms. The first-order valence-corrected chi connectivity index (χ1v) is 8.71. The molecular formula is C12H14BrNO4S. The molecule has 19 heavy (non-hydrogen) atoms. The van der Waals surface area contributed by atoms with Gasteiger partial charge in [0.25, 0.3) is 5.69 Å². The van der Waals surface area contributed by atoms with Gasteiger partial charge in [-0.2, -0.15) is 0 Å². The Morgan fingerprint density at radius 2 is 2.11 bits per heavy atom. The van der Waals surface area contributed by atoms with Crippen LogP contribution in [0.5, 0.6) is 0 Å². The van der Waals surface area contributed by atoms with Gasteiger partial charge in [0, 0.05) is 22.7 Å². The molecule has 5 nitrogen and oxygen atoms in total. The molecule has 0 aromatic heterocycles. The normalized spacial score (nSPS) is 17.2. The fourth-order valence-electron chi connectivity index (χ4n) is 1.95. The number of rotatable bonds is 5. The van der Waals surface area contributed by atoms with Crippen molar-refractivity contribution in [3.63, 3.8) is 0 Å². The summed E-state index contributed by atoms with van der Waals surface area (Å²) in [7, 11) is -3.42. The molecule has 0 radical (unpaired) electrons. The molecular weight excluding hydrogens is 334 g/mol. The molecule has 1 fully saturated rings. The van der Waals surface area contributed by atoms with Crippen LogP contribution in [0.2, 0.25) is 0 Å². The molecule has 0 saturated heterocycles. The Balaban J connectivity index is 2.35. The average molecular weight is 348 g/mol. The molecule has 1 aromatic rings. The van der Waals surface area contributed by atoms with Crippen LogP contribution in [0.1, 0.15) is 18.4 Å². The van der Waals surface area contributed by atoms with Gasteiger partial charge in [-0.3, -0.25) is 10.1 Å². The summed E-state index contributed by atoms with van der Waals surface area (Å²) in [6, 6.07) is 4.13. The third kappa shape index (κ3) is 3.54. The summed E-state index contributed by atoms with van der Waals surface area (Å²) in [5.74, 6) is 0.578. The molecule has 1 saturated carbocycles. The fraction of sp³-hybridized carbons (Fsp3) is 0.500. The summed E-state index contributed by atoms with van der Waals surface area (Å²) in [4.78, 5) is 10.8. The van der Waals surface area contributed by atoms with Crippen LogP contribution in [-0.2, 0) is 16.3 Å². The average Bonchev–Trinajstić information content (AvgIpc) is 3.11. The smallest absolute Gasteiger partial charge is 0.258 e. The van der Waals surface area contributed by atoms with Crippen LogP contribution >= 0.6 is 15.9 Å². The molecule has 1 atom stereocenters. The van der Waals surface area contributed by atoms with Gasteiger partial charge >= 0.3 is 0 Å². The molecule has 0 heterocycles. The zero-order valence-electron chi connectivity index (χ0n) is 10.4. The predicted octanol–water partition coefficient (Wildman–Crippen LogP) is 2.71. The van der Waals surface area contributed by atoms with Crippen LogP contribution in [0.25, 0.3) is 0 Å². The summed E-state index contributed by atoms with van der Waals surface area (Å²) >= 11 is 3.54. The Labute approximate surface area is 120 Å². The van der Waals surface area contributed by atoms with Crippen LogP contribution in [0.3, 0.4) is 0 Å². The highest BCUT2D eigenvalue weighted by Gasteiger charge is 2.31. The van der Waals surface area contributed by atoms with Crippen molar-refractivity contribution in [2.24, 2.45) is 5.92 Å². The Hall–Kier alpha value is -0.950. The van der Waals surface area contributed by atoms with E-state index in [0.29, 0.717) is 17.9 Å². The SMILES string of the molecule is CS(=O)(=O)c1ccc(CC(Br)C2CC2)c([N+](=O)[O-])c1. The van der Waals surface area contributed by atoms with Crippen LogP contribution < -0.4 is 0 Å². The van der Waals surface area contributed by atoms with Gasteiger partial charge in [-0.15, -0.1) is 0 Å². The quantitative estimate of drug-likeness (QED) is 0.466. The number of hydrogen-bond donors (Lipinski definition) is 0. The zero-order valence-corrected chi connectivity index (χ0v) is 12.8. The highest BCUT2D eigenvalue weighted by molar-refractivity contribution is 9.09. The topological polar surface area (TPSA) is 77.3 Å². The minimum absolute atomic E-state index is 0.0134. The van der Waals surface area contributed by atoms with E-state index < -0.39 is 14.8 Å². The summed E-state index contributed by atoms with van der Waals surface area (Å²) in [6.45, 7) is 0. The van der Waals surface area contributed by atoms with Crippen LogP contribution in [0.15, 0.2) is 23.1 Å². The van der Waals surface area contributed by atoms with E-state index in [-0.39, 0.29) is 15.4 Å². The molecule has 1 unspecified atom stereocenters. The Bertz CT molecular complexity index is 610. The number of benzene rings is 1. The molecule has 1 aromatic carbocycles. The molecule has 104 valence electrons. The Morgan fingerprint density at radius 1 is 1.47 bits per heavy atom. The van der Waals surface area contributed by atoms with Crippen molar-refractivity contribution >= 4 is 31.5 Å². The standard InChI is InChI=1S/C12H14BrNO4S/c1-19(17,18)10-5-4-9(12(7-10)14(15)16)6-11(13)8-2-3-8/h4-5,7-8,11H,2-3,6H2,1H3. The number of hydrogen-bond acceptors (Lipinski definition) is 4. The Morgan fingerprint density at radius 3 is 2.58 bits per heavy atom. The van der Waals surface area contributed by atoms with Crippen molar-refractivity contribution in [3.05, 3.63) is 33.9 Å². The molecule has 0 amide bonds. The van der Waals surface area contributed by atoms with E-state index in [1.54, 1.807) is 6.07 Å². The molecule has 0 N–H and O–H groups in total. The van der Waals surface area contributed by atoms with Crippen LogP contribution in [0, 0.1) is 16.0 Å². The first kappa shape index (κ1) is 14.5. The molecule has 1 aliphatic carbocycles. The van der Waals surface area contributed by atoms with Gasteiger partial charge in [-0.25, -0.2) is 8.42 Å². The van der Waals surface area contributed by atoms with Crippen molar-refractivity contribution in [1.82, 2.24) is 0 Å². The number of nitro groups is 1. The number of nitro benzene ring substituents is 1. The first-order valence-electron chi connectivity index (χ1n) is 5.90. The lowest BCUT2D eigenvalue weighted by molar-refractivity contribution is -0.385. The van der Waals surface area contributed by atoms with Gasteiger partial charge in [0.1, 0.15) is 0 Å². The number of sulfone groups is 1. The lowest BCUT2D eigenvalue weighted by atomic mass is 10.1. The van der Waals surface area contributed by atoms with E-state index in [1.165, 1.54) is 6.07 Å². The maximum Gasteiger partial charge on any atom is 0.273 e. The lowest BCUT2D eigenvalue weighted by Crippen LogP contribution is -2.08. The second-order valence-electron chi connectivity index (χ2n) is 4.88. The highest BCUT2D eigenvalue weighted by atomic mass is 79.9. The molecule has 0 spiro atoms. The van der Waals surface area contributed by atoms with E-state index in [0.717, 1.165) is 25.2 Å². The number of nitrogens with zero attached hydrogens (tertiary/aromatic N) is 1. The van der Waals surface area contributed by atoms with Crippen molar-refractivity contribution in [2.45, 2.75) is 29.0 Å². The molecule has 2 rings (SSSR count). The van der Waals surface area contributed by atoms with E-state index in [1.807, 2.05) is 0 Å². The largest absolute Gasteiger partial charge is 0.273 e. The second-order valence-corrected chi connectivity index (χ2v) is 8.07. The third-order valence-corrected chi connectivity index (χ3v) is 5.41. The number of halogens is 1. The van der Waals surface area contributed by atoms with E-state index in [4.69, 9.17) is 0 Å². The van der Waals surface area contributed by atoms with Gasteiger partial charge in [0.05, 0.1) is 9.82 Å². The van der Waals surface area contributed by atoms with E-state index >= 15 is 0 Å². The van der Waals surface area contributed by atoms with Crippen molar-refractivity contribution in [3.8, 4) is 0 Å². The monoisotopic (exact) mass is 347 g/mol. The van der Waals surface area contributed by atoms with Crippen molar-refractivity contribution in [2.75, 3.05) is 6.26 Å². The lowest BCUT2D eigenvalue weighted by Gasteiger charge is -2.09. The number of alkyl halides is 1. The first-order chi connectivity index (χ1) is 8.79. The van der Waals surface area contributed by atoms with Gasteiger partial charge in [0.2, 0.25) is 0 Å². The second kappa shape index (κ2) is 5.20. The highest BCUT2D eigenvalue weighted by Crippen LogP contribution is 2.39. The summed E-state index contributed by atoms with van der Waals surface area (Å²) in [5.41, 5.74) is 0.458. The predicted molar refractivity (Wildman–Crippen MR) is 75.3 cm³/mol. The van der Waals surface area contributed by atoms with Gasteiger partial charge in [-0.05, 0) is 31.2 Å². The minimum atomic E-state index is -3.42. The minimum Gasteiger partial charge on any atom is -0.258 e. The van der Waals surface area contributed by atoms with E-state index in [9.17, 15) is 18.5 Å². The van der Waals surface area contributed by atoms with Crippen LogP contribution in [0.4, 0.5) is 5.69 Å². The summed E-state index contributed by atoms with van der Waals surface area (Å²) in [5, 5.41) is 11.1. The molecule has 1 aliphatic rings. The Kier molecular flexibility index (Phi) is 3.96. The molecule has 7 heteroatoms. The van der Waals surface area contributed by atoms with Gasteiger partial charge in [0.15, 0.2) is 9.84 Å². The zero-order chi connectivity index (χ0) is 14.2. The molecule has 0 aliphatic heterocycles. The van der Waals surface area contributed by atoms with Gasteiger partial charge in [-0.1, -0.05) is 22.0 Å². The van der Waals surface area contributed by atoms with Crippen molar-refractivity contribution < 1.29 is 13.3 Å². The summed E-state index contributed by atoms with van der Waals surface area (Å²) < 4.78 is 22.9. The van der Waals surface area contributed by atoms with Crippen molar-refractivity contribution in [1.29, 1.82) is 0 Å². The fourth-order valence-corrected chi connectivity index (χ4v) is 3.47. The third-order valence-electron chi connectivity index (χ3n) is 3.23. The maximum atomic E-state index is 11.4. The van der Waals surface area contributed by atoms with Gasteiger partial charge < -0.3 is 0 Å².